The van der Waals surface area contributed by atoms with Crippen molar-refractivity contribution >= 4 is 0 Å². The normalized spacial score (nSPS) is 11.7. The zero-order valence-corrected chi connectivity index (χ0v) is 11.3. The number of rotatable bonds is 8. The lowest BCUT2D eigenvalue weighted by Crippen LogP contribution is -2.40. The Kier molecular flexibility index (Phi) is 6.23. The molecule has 17 heavy (non-hydrogen) atoms. The molecule has 0 saturated carbocycles. The molecule has 1 aromatic carbocycles. The molecule has 1 aromatic rings. The van der Waals surface area contributed by atoms with Crippen LogP contribution in [-0.4, -0.2) is 25.8 Å². The van der Waals surface area contributed by atoms with Gasteiger partial charge in [0.2, 0.25) is 0 Å². The summed E-state index contributed by atoms with van der Waals surface area (Å²) in [5.41, 5.74) is 1.61. The molecule has 0 aromatic heterocycles. The Morgan fingerprint density at radius 1 is 1.18 bits per heavy atom. The van der Waals surface area contributed by atoms with E-state index < -0.39 is 0 Å². The van der Waals surface area contributed by atoms with Crippen molar-refractivity contribution in [3.63, 3.8) is 0 Å². The van der Waals surface area contributed by atoms with Crippen molar-refractivity contribution in [3.05, 3.63) is 35.9 Å². The number of hydrogen-bond acceptors (Lipinski definition) is 2. The highest BCUT2D eigenvalue weighted by molar-refractivity contribution is 5.15. The van der Waals surface area contributed by atoms with Crippen LogP contribution in [0.4, 0.5) is 0 Å². The van der Waals surface area contributed by atoms with Gasteiger partial charge in [-0.05, 0) is 45.2 Å². The highest BCUT2D eigenvalue weighted by Gasteiger charge is 2.15. The van der Waals surface area contributed by atoms with Gasteiger partial charge in [-0.25, -0.2) is 0 Å². The van der Waals surface area contributed by atoms with Crippen molar-refractivity contribution in [3.8, 4) is 0 Å². The van der Waals surface area contributed by atoms with Crippen LogP contribution in [0, 0.1) is 0 Å². The second kappa shape index (κ2) is 7.46. The quantitative estimate of drug-likeness (QED) is 0.699. The zero-order valence-electron chi connectivity index (χ0n) is 11.3. The van der Waals surface area contributed by atoms with Crippen LogP contribution in [0.1, 0.15) is 32.3 Å². The van der Waals surface area contributed by atoms with E-state index in [1.807, 2.05) is 0 Å². The molecule has 0 radical (unpaired) electrons. The van der Waals surface area contributed by atoms with Gasteiger partial charge in [0.1, 0.15) is 0 Å². The molecule has 96 valence electrons. The summed E-state index contributed by atoms with van der Waals surface area (Å²) in [7, 11) is 1.75. The first-order chi connectivity index (χ1) is 8.14. The van der Waals surface area contributed by atoms with Crippen LogP contribution in [-0.2, 0) is 11.2 Å². The van der Waals surface area contributed by atoms with Crippen LogP contribution in [0.25, 0.3) is 0 Å². The highest BCUT2D eigenvalue weighted by atomic mass is 16.5. The summed E-state index contributed by atoms with van der Waals surface area (Å²) in [6.45, 7) is 6.39. The predicted molar refractivity (Wildman–Crippen MR) is 73.3 cm³/mol. The first-order valence-corrected chi connectivity index (χ1v) is 6.42. The predicted octanol–water partition coefficient (Wildman–Crippen LogP) is 3.02. The van der Waals surface area contributed by atoms with Gasteiger partial charge in [-0.15, -0.1) is 0 Å². The molecule has 0 aliphatic rings. The molecule has 1 N–H and O–H groups in total. The Morgan fingerprint density at radius 3 is 2.53 bits per heavy atom. The lowest BCUT2D eigenvalue weighted by Gasteiger charge is -2.26. The summed E-state index contributed by atoms with van der Waals surface area (Å²) in [4.78, 5) is 0. The van der Waals surface area contributed by atoms with Crippen LogP contribution in [0.15, 0.2) is 30.3 Å². The zero-order chi connectivity index (χ0) is 12.6. The standard InChI is InChI=1S/C15H25NO/c1-15(2,16-12-7-13-17-3)11-10-14-8-5-4-6-9-14/h4-6,8-9,16H,7,10-13H2,1-3H3. The van der Waals surface area contributed by atoms with E-state index >= 15 is 0 Å². The average molecular weight is 235 g/mol. The second-order valence-corrected chi connectivity index (χ2v) is 5.14. The number of benzene rings is 1. The van der Waals surface area contributed by atoms with Gasteiger partial charge in [-0.2, -0.15) is 0 Å². The molecule has 1 rings (SSSR count). The molecule has 0 unspecified atom stereocenters. The SMILES string of the molecule is COCCCNC(C)(C)CCc1ccccc1. The first-order valence-electron chi connectivity index (χ1n) is 6.42. The molecule has 0 aliphatic carbocycles. The van der Waals surface area contributed by atoms with E-state index in [1.54, 1.807) is 7.11 Å². The van der Waals surface area contributed by atoms with E-state index in [-0.39, 0.29) is 5.54 Å². The third-order valence-corrected chi connectivity index (χ3v) is 3.01. The van der Waals surface area contributed by atoms with E-state index in [9.17, 15) is 0 Å². The maximum absolute atomic E-state index is 5.05. The fraction of sp³-hybridized carbons (Fsp3) is 0.600. The summed E-state index contributed by atoms with van der Waals surface area (Å²) < 4.78 is 5.05. The molecular weight excluding hydrogens is 210 g/mol. The largest absolute Gasteiger partial charge is 0.385 e. The van der Waals surface area contributed by atoms with Gasteiger partial charge in [-0.1, -0.05) is 30.3 Å². The lowest BCUT2D eigenvalue weighted by atomic mass is 9.95. The molecule has 2 heteroatoms. The molecule has 2 nitrogen and oxygen atoms in total. The average Bonchev–Trinajstić information content (AvgIpc) is 2.34. The third-order valence-electron chi connectivity index (χ3n) is 3.01. The molecule has 0 heterocycles. The highest BCUT2D eigenvalue weighted by Crippen LogP contribution is 2.13. The smallest absolute Gasteiger partial charge is 0.0474 e. The lowest BCUT2D eigenvalue weighted by molar-refractivity contribution is 0.190. The minimum Gasteiger partial charge on any atom is -0.385 e. The fourth-order valence-corrected chi connectivity index (χ4v) is 1.83. The number of aryl methyl sites for hydroxylation is 1. The van der Waals surface area contributed by atoms with E-state index in [4.69, 9.17) is 4.74 Å². The minimum atomic E-state index is 0.198. The number of ether oxygens (including phenoxy) is 1. The van der Waals surface area contributed by atoms with Crippen LogP contribution < -0.4 is 5.32 Å². The van der Waals surface area contributed by atoms with Crippen LogP contribution >= 0.6 is 0 Å². The number of nitrogens with one attached hydrogen (secondary N) is 1. The molecule has 0 fully saturated rings. The van der Waals surface area contributed by atoms with Gasteiger partial charge in [0, 0.05) is 19.3 Å². The van der Waals surface area contributed by atoms with Crippen molar-refractivity contribution in [2.45, 2.75) is 38.6 Å². The van der Waals surface area contributed by atoms with Gasteiger partial charge < -0.3 is 10.1 Å². The Labute approximate surface area is 105 Å². The van der Waals surface area contributed by atoms with Crippen LogP contribution in [0.3, 0.4) is 0 Å². The number of methoxy groups -OCH3 is 1. The molecular formula is C15H25NO. The van der Waals surface area contributed by atoms with E-state index in [2.05, 4.69) is 49.5 Å². The first kappa shape index (κ1) is 14.2. The maximum Gasteiger partial charge on any atom is 0.0474 e. The Morgan fingerprint density at radius 2 is 1.88 bits per heavy atom. The van der Waals surface area contributed by atoms with Gasteiger partial charge >= 0.3 is 0 Å². The van der Waals surface area contributed by atoms with Crippen molar-refractivity contribution in [2.24, 2.45) is 0 Å². The van der Waals surface area contributed by atoms with Crippen molar-refractivity contribution in [2.75, 3.05) is 20.3 Å². The monoisotopic (exact) mass is 235 g/mol. The van der Waals surface area contributed by atoms with E-state index in [0.29, 0.717) is 0 Å². The topological polar surface area (TPSA) is 21.3 Å². The molecule has 0 aliphatic heterocycles. The maximum atomic E-state index is 5.05. The third kappa shape index (κ3) is 6.44. The molecule has 0 saturated heterocycles. The van der Waals surface area contributed by atoms with Crippen LogP contribution in [0.2, 0.25) is 0 Å². The molecule has 0 bridgehead atoms. The summed E-state index contributed by atoms with van der Waals surface area (Å²) >= 11 is 0. The van der Waals surface area contributed by atoms with Crippen LogP contribution in [0.5, 0.6) is 0 Å². The Bertz CT molecular complexity index is 295. The van der Waals surface area contributed by atoms with E-state index in [1.165, 1.54) is 5.56 Å². The summed E-state index contributed by atoms with van der Waals surface area (Å²) in [5.74, 6) is 0. The summed E-state index contributed by atoms with van der Waals surface area (Å²) in [6.07, 6.45) is 3.36. The van der Waals surface area contributed by atoms with Gasteiger partial charge in [0.25, 0.3) is 0 Å². The summed E-state index contributed by atoms with van der Waals surface area (Å²) in [6, 6.07) is 10.7. The van der Waals surface area contributed by atoms with Crippen molar-refractivity contribution in [1.82, 2.24) is 5.32 Å². The van der Waals surface area contributed by atoms with Crippen molar-refractivity contribution < 1.29 is 4.74 Å². The number of hydrogen-bond donors (Lipinski definition) is 1. The molecule has 0 atom stereocenters. The molecule has 0 amide bonds. The Hall–Kier alpha value is -0.860. The fourth-order valence-electron chi connectivity index (χ4n) is 1.83. The van der Waals surface area contributed by atoms with Gasteiger partial charge in [0.15, 0.2) is 0 Å². The van der Waals surface area contributed by atoms with Gasteiger partial charge in [-0.3, -0.25) is 0 Å². The van der Waals surface area contributed by atoms with Crippen molar-refractivity contribution in [1.29, 1.82) is 0 Å². The van der Waals surface area contributed by atoms with Gasteiger partial charge in [0.05, 0.1) is 0 Å². The Balaban J connectivity index is 2.24. The second-order valence-electron chi connectivity index (χ2n) is 5.14. The van der Waals surface area contributed by atoms with E-state index in [0.717, 1.165) is 32.4 Å². The minimum absolute atomic E-state index is 0.198. The summed E-state index contributed by atoms with van der Waals surface area (Å²) in [5, 5.41) is 3.58. The molecule has 0 spiro atoms.